The number of carbonyl (C=O) groups excluding carboxylic acids is 1. The lowest BCUT2D eigenvalue weighted by Gasteiger charge is -2.65. The van der Waals surface area contributed by atoms with Gasteiger partial charge in [0.25, 0.3) is 0 Å². The molecule has 4 aliphatic rings. The van der Waals surface area contributed by atoms with Gasteiger partial charge < -0.3 is 9.84 Å². The van der Waals surface area contributed by atoms with Crippen molar-refractivity contribution in [3.05, 3.63) is 47.5 Å². The SMILES string of the molecule is CC(C)CCC[C@@H](C)[C@H]1C[C@H](O)[C@@]2(C)C3=CC[C@H]4C(C)(C)CCC(OC(=O)c5ccccc5)[C@]4(C)[C@H]3CC[C@]12C. The maximum atomic E-state index is 13.4. The maximum absolute atomic E-state index is 13.4. The zero-order chi connectivity index (χ0) is 29.1. The van der Waals surface area contributed by atoms with Gasteiger partial charge >= 0.3 is 5.97 Å². The summed E-state index contributed by atoms with van der Waals surface area (Å²) in [6.45, 7) is 19.3. The van der Waals surface area contributed by atoms with Crippen molar-refractivity contribution in [2.24, 2.45) is 51.2 Å². The van der Waals surface area contributed by atoms with E-state index in [1.54, 1.807) is 0 Å². The van der Waals surface area contributed by atoms with Crippen molar-refractivity contribution in [1.29, 1.82) is 0 Å². The average Bonchev–Trinajstić information content (AvgIpc) is 3.12. The molecule has 9 atom stereocenters. The van der Waals surface area contributed by atoms with E-state index in [2.05, 4.69) is 61.5 Å². The Balaban J connectivity index is 1.47. The Bertz CT molecular complexity index is 1100. The molecular formula is C37H56O3. The first kappa shape index (κ1) is 29.9. The van der Waals surface area contributed by atoms with E-state index in [9.17, 15) is 9.90 Å². The molecule has 5 rings (SSSR count). The molecule has 3 fully saturated rings. The number of allylic oxidation sites excluding steroid dienone is 1. The molecule has 3 saturated carbocycles. The number of fused-ring (bicyclic) bond motifs is 5. The van der Waals surface area contributed by atoms with E-state index in [0.29, 0.717) is 29.2 Å². The van der Waals surface area contributed by atoms with E-state index in [0.717, 1.165) is 44.4 Å². The summed E-state index contributed by atoms with van der Waals surface area (Å²) in [5.74, 6) is 2.52. The highest BCUT2D eigenvalue weighted by atomic mass is 16.5. The quantitative estimate of drug-likeness (QED) is 0.273. The molecule has 1 aromatic carbocycles. The molecule has 3 heteroatoms. The summed E-state index contributed by atoms with van der Waals surface area (Å²) in [4.78, 5) is 13.4. The van der Waals surface area contributed by atoms with Gasteiger partial charge in [-0.2, -0.15) is 0 Å². The fourth-order valence-corrected chi connectivity index (χ4v) is 10.6. The molecule has 40 heavy (non-hydrogen) atoms. The number of benzene rings is 1. The van der Waals surface area contributed by atoms with Crippen LogP contribution in [0.1, 0.15) is 124 Å². The van der Waals surface area contributed by atoms with E-state index in [1.165, 1.54) is 24.8 Å². The molecule has 3 nitrogen and oxygen atoms in total. The highest BCUT2D eigenvalue weighted by molar-refractivity contribution is 5.89. The van der Waals surface area contributed by atoms with E-state index in [1.807, 2.05) is 30.3 Å². The smallest absolute Gasteiger partial charge is 0.338 e. The molecule has 0 amide bonds. The monoisotopic (exact) mass is 548 g/mol. The number of aliphatic hydroxyl groups excluding tert-OH is 1. The van der Waals surface area contributed by atoms with Crippen LogP contribution in [0.2, 0.25) is 0 Å². The first-order valence-corrected chi connectivity index (χ1v) is 16.4. The predicted molar refractivity (Wildman–Crippen MR) is 164 cm³/mol. The van der Waals surface area contributed by atoms with Crippen LogP contribution in [0.5, 0.6) is 0 Å². The van der Waals surface area contributed by atoms with Gasteiger partial charge in [-0.15, -0.1) is 0 Å². The summed E-state index contributed by atoms with van der Waals surface area (Å²) in [7, 11) is 0. The van der Waals surface area contributed by atoms with Crippen molar-refractivity contribution in [1.82, 2.24) is 0 Å². The zero-order valence-corrected chi connectivity index (χ0v) is 26.6. The van der Waals surface area contributed by atoms with Crippen molar-refractivity contribution in [2.45, 2.75) is 125 Å². The fourth-order valence-electron chi connectivity index (χ4n) is 10.6. The highest BCUT2D eigenvalue weighted by Crippen LogP contribution is 2.73. The molecule has 0 heterocycles. The van der Waals surface area contributed by atoms with Crippen LogP contribution in [0.25, 0.3) is 0 Å². The summed E-state index contributed by atoms with van der Waals surface area (Å²) >= 11 is 0. The van der Waals surface area contributed by atoms with Crippen molar-refractivity contribution in [3.8, 4) is 0 Å². The topological polar surface area (TPSA) is 46.5 Å². The number of hydrogen-bond acceptors (Lipinski definition) is 3. The minimum Gasteiger partial charge on any atom is -0.458 e. The number of aliphatic hydroxyl groups is 1. The van der Waals surface area contributed by atoms with Crippen molar-refractivity contribution in [3.63, 3.8) is 0 Å². The van der Waals surface area contributed by atoms with Crippen molar-refractivity contribution < 1.29 is 14.6 Å². The molecule has 0 bridgehead atoms. The third kappa shape index (κ3) is 4.52. The Labute approximate surface area is 244 Å². The van der Waals surface area contributed by atoms with Gasteiger partial charge in [0.2, 0.25) is 0 Å². The van der Waals surface area contributed by atoms with Crippen LogP contribution in [0.4, 0.5) is 0 Å². The number of carbonyl (C=O) groups is 1. The number of ether oxygens (including phenoxy) is 1. The van der Waals surface area contributed by atoms with Gasteiger partial charge in [0.15, 0.2) is 0 Å². The number of esters is 1. The molecule has 0 spiro atoms. The lowest BCUT2D eigenvalue weighted by Crippen LogP contribution is -2.61. The van der Waals surface area contributed by atoms with Crippen LogP contribution in [0, 0.1) is 51.2 Å². The second kappa shape index (κ2) is 10.6. The van der Waals surface area contributed by atoms with E-state index < -0.39 is 0 Å². The summed E-state index contributed by atoms with van der Waals surface area (Å²) < 4.78 is 6.48. The minimum atomic E-state index is -0.314. The Hall–Kier alpha value is -1.61. The molecule has 0 aliphatic heterocycles. The maximum Gasteiger partial charge on any atom is 0.338 e. The Morgan fingerprint density at radius 2 is 1.70 bits per heavy atom. The van der Waals surface area contributed by atoms with Crippen LogP contribution < -0.4 is 0 Å². The van der Waals surface area contributed by atoms with Crippen LogP contribution in [-0.2, 0) is 4.74 Å². The van der Waals surface area contributed by atoms with Crippen LogP contribution in [0.15, 0.2) is 42.0 Å². The number of rotatable bonds is 7. The van der Waals surface area contributed by atoms with Gasteiger partial charge in [0.05, 0.1) is 11.7 Å². The largest absolute Gasteiger partial charge is 0.458 e. The number of hydrogen-bond donors (Lipinski definition) is 1. The van der Waals surface area contributed by atoms with Crippen LogP contribution in [-0.4, -0.2) is 23.3 Å². The van der Waals surface area contributed by atoms with Gasteiger partial charge in [-0.05, 0) is 91.1 Å². The molecule has 222 valence electrons. The molecule has 0 aromatic heterocycles. The Morgan fingerprint density at radius 3 is 2.38 bits per heavy atom. The fraction of sp³-hybridized carbons (Fsp3) is 0.757. The highest BCUT2D eigenvalue weighted by Gasteiger charge is 2.69. The van der Waals surface area contributed by atoms with E-state index in [4.69, 9.17) is 4.74 Å². The first-order chi connectivity index (χ1) is 18.8. The second-order valence-electron chi connectivity index (χ2n) is 16.0. The Morgan fingerprint density at radius 1 is 1.00 bits per heavy atom. The first-order valence-electron chi connectivity index (χ1n) is 16.4. The van der Waals surface area contributed by atoms with Gasteiger partial charge in [-0.1, -0.05) is 105 Å². The van der Waals surface area contributed by atoms with E-state index in [-0.39, 0.29) is 39.8 Å². The summed E-state index contributed by atoms with van der Waals surface area (Å²) in [6, 6.07) is 9.51. The Kier molecular flexibility index (Phi) is 7.90. The lowest BCUT2D eigenvalue weighted by atomic mass is 9.40. The average molecular weight is 549 g/mol. The van der Waals surface area contributed by atoms with Crippen LogP contribution >= 0.6 is 0 Å². The summed E-state index contributed by atoms with van der Waals surface area (Å²) in [5.41, 5.74) is 2.05. The standard InChI is InChI=1S/C37H56O3/c1-24(2)13-12-14-25(3)29-23-31(38)37(8)28-17-18-30-34(4,5)21-20-32(40-33(39)26-15-10-9-11-16-26)36(30,7)27(28)19-22-35(29,37)6/h9-11,15-17,24-25,27,29-32,38H,12-14,18-23H2,1-8H3/t25-,27+,29-,30+,31+,32?,35-,36-,37-/m1/s1. The molecule has 0 saturated heterocycles. The van der Waals surface area contributed by atoms with Gasteiger partial charge in [0, 0.05) is 10.8 Å². The zero-order valence-electron chi connectivity index (χ0n) is 26.6. The molecule has 1 aromatic rings. The molecular weight excluding hydrogens is 492 g/mol. The molecule has 1 unspecified atom stereocenters. The third-order valence-corrected chi connectivity index (χ3v) is 13.2. The van der Waals surface area contributed by atoms with Gasteiger partial charge in [0.1, 0.15) is 6.10 Å². The normalized spacial score (nSPS) is 41.0. The third-order valence-electron chi connectivity index (χ3n) is 13.2. The molecule has 1 N–H and O–H groups in total. The lowest BCUT2D eigenvalue weighted by molar-refractivity contribution is -0.155. The second-order valence-corrected chi connectivity index (χ2v) is 16.0. The van der Waals surface area contributed by atoms with Crippen LogP contribution in [0.3, 0.4) is 0 Å². The minimum absolute atomic E-state index is 0.0928. The summed E-state index contributed by atoms with van der Waals surface area (Å²) in [5, 5.41) is 11.9. The van der Waals surface area contributed by atoms with Crippen molar-refractivity contribution >= 4 is 5.97 Å². The van der Waals surface area contributed by atoms with Gasteiger partial charge in [-0.25, -0.2) is 4.79 Å². The molecule has 4 aliphatic carbocycles. The van der Waals surface area contributed by atoms with Gasteiger partial charge in [-0.3, -0.25) is 0 Å². The van der Waals surface area contributed by atoms with Crippen molar-refractivity contribution in [2.75, 3.05) is 0 Å². The molecule has 0 radical (unpaired) electrons. The van der Waals surface area contributed by atoms with E-state index >= 15 is 0 Å². The predicted octanol–water partition coefficient (Wildman–Crippen LogP) is 9.25. The summed E-state index contributed by atoms with van der Waals surface area (Å²) in [6.07, 6.45) is 12.2.